The summed E-state index contributed by atoms with van der Waals surface area (Å²) in [6, 6.07) is 0. The summed E-state index contributed by atoms with van der Waals surface area (Å²) in [5.74, 6) is 0.609. The van der Waals surface area contributed by atoms with Crippen molar-refractivity contribution in [2.45, 2.75) is 78.2 Å². The lowest BCUT2D eigenvalue weighted by atomic mass is 9.86. The molecule has 1 saturated carbocycles. The molecule has 1 aliphatic carbocycles. The third-order valence-corrected chi connectivity index (χ3v) is 4.95. The van der Waals surface area contributed by atoms with Crippen LogP contribution >= 0.6 is 0 Å². The van der Waals surface area contributed by atoms with E-state index in [1.165, 1.54) is 25.7 Å². The number of carbonyl (C=O) groups is 1. The SMILES string of the molecule is CCCC[C@@H](COC1CCC(C(=O)O)CC1)C(C)CC. The van der Waals surface area contributed by atoms with Crippen molar-refractivity contribution in [3.63, 3.8) is 0 Å². The highest BCUT2D eigenvalue weighted by atomic mass is 16.5. The minimum atomic E-state index is -0.635. The van der Waals surface area contributed by atoms with Crippen LogP contribution in [0, 0.1) is 17.8 Å². The maximum atomic E-state index is 10.9. The molecule has 3 heteroatoms. The van der Waals surface area contributed by atoms with E-state index in [4.69, 9.17) is 9.84 Å². The number of hydrogen-bond acceptors (Lipinski definition) is 2. The summed E-state index contributed by atoms with van der Waals surface area (Å²) in [5, 5.41) is 9.00. The minimum absolute atomic E-state index is 0.139. The van der Waals surface area contributed by atoms with Gasteiger partial charge < -0.3 is 9.84 Å². The normalized spacial score (nSPS) is 26.1. The summed E-state index contributed by atoms with van der Waals surface area (Å²) >= 11 is 0. The Kier molecular flexibility index (Phi) is 8.20. The largest absolute Gasteiger partial charge is 0.481 e. The maximum Gasteiger partial charge on any atom is 0.306 e. The lowest BCUT2D eigenvalue weighted by Crippen LogP contribution is -2.28. The fourth-order valence-corrected chi connectivity index (χ4v) is 3.07. The predicted octanol–water partition coefficient (Wildman–Crippen LogP) is 4.50. The van der Waals surface area contributed by atoms with E-state index >= 15 is 0 Å². The molecular formula is C17H32O3. The number of carboxylic acids is 1. The third kappa shape index (κ3) is 5.82. The molecule has 0 aliphatic heterocycles. The second kappa shape index (κ2) is 9.38. The van der Waals surface area contributed by atoms with Crippen LogP contribution in [0.4, 0.5) is 0 Å². The molecule has 0 aromatic rings. The number of unbranched alkanes of at least 4 members (excludes halogenated alkanes) is 1. The average molecular weight is 284 g/mol. The van der Waals surface area contributed by atoms with Crippen molar-refractivity contribution in [1.29, 1.82) is 0 Å². The maximum absolute atomic E-state index is 10.9. The minimum Gasteiger partial charge on any atom is -0.481 e. The number of carboxylic acid groups (broad SMARTS) is 1. The molecule has 0 aromatic heterocycles. The molecule has 1 unspecified atom stereocenters. The molecule has 0 spiro atoms. The summed E-state index contributed by atoms with van der Waals surface area (Å²) < 4.78 is 6.10. The summed E-state index contributed by atoms with van der Waals surface area (Å²) in [4.78, 5) is 10.9. The van der Waals surface area contributed by atoms with Crippen molar-refractivity contribution in [3.8, 4) is 0 Å². The van der Waals surface area contributed by atoms with Crippen LogP contribution in [0.5, 0.6) is 0 Å². The van der Waals surface area contributed by atoms with Crippen LogP contribution in [0.1, 0.15) is 72.1 Å². The first-order chi connectivity index (χ1) is 9.58. The van der Waals surface area contributed by atoms with Crippen LogP contribution in [0.2, 0.25) is 0 Å². The zero-order valence-corrected chi connectivity index (χ0v) is 13.4. The van der Waals surface area contributed by atoms with Crippen molar-refractivity contribution in [2.24, 2.45) is 17.8 Å². The third-order valence-electron chi connectivity index (χ3n) is 4.95. The van der Waals surface area contributed by atoms with Gasteiger partial charge in [-0.25, -0.2) is 0 Å². The van der Waals surface area contributed by atoms with Gasteiger partial charge in [0.05, 0.1) is 18.6 Å². The molecule has 2 atom stereocenters. The lowest BCUT2D eigenvalue weighted by molar-refractivity contribution is -0.144. The number of aliphatic carboxylic acids is 1. The summed E-state index contributed by atoms with van der Waals surface area (Å²) in [6.07, 6.45) is 8.68. The Labute approximate surface area is 124 Å². The van der Waals surface area contributed by atoms with Crippen molar-refractivity contribution in [1.82, 2.24) is 0 Å². The van der Waals surface area contributed by atoms with E-state index in [1.54, 1.807) is 0 Å². The molecule has 1 fully saturated rings. The van der Waals surface area contributed by atoms with E-state index in [9.17, 15) is 4.79 Å². The van der Waals surface area contributed by atoms with Gasteiger partial charge in [-0.3, -0.25) is 4.79 Å². The van der Waals surface area contributed by atoms with E-state index in [2.05, 4.69) is 20.8 Å². The predicted molar refractivity (Wildman–Crippen MR) is 81.8 cm³/mol. The monoisotopic (exact) mass is 284 g/mol. The van der Waals surface area contributed by atoms with Gasteiger partial charge in [0.25, 0.3) is 0 Å². The van der Waals surface area contributed by atoms with Crippen molar-refractivity contribution >= 4 is 5.97 Å². The van der Waals surface area contributed by atoms with Crippen LogP contribution in [-0.4, -0.2) is 23.8 Å². The molecule has 20 heavy (non-hydrogen) atoms. The topological polar surface area (TPSA) is 46.5 Å². The molecule has 0 radical (unpaired) electrons. The van der Waals surface area contributed by atoms with Crippen LogP contribution in [0.3, 0.4) is 0 Å². The van der Waals surface area contributed by atoms with Crippen LogP contribution in [0.25, 0.3) is 0 Å². The Morgan fingerprint density at radius 1 is 1.25 bits per heavy atom. The molecule has 1 rings (SSSR count). The molecule has 0 heterocycles. The first-order valence-electron chi connectivity index (χ1n) is 8.42. The fraction of sp³-hybridized carbons (Fsp3) is 0.941. The summed E-state index contributed by atoms with van der Waals surface area (Å²) in [5.41, 5.74) is 0. The van der Waals surface area contributed by atoms with Gasteiger partial charge in [-0.1, -0.05) is 40.0 Å². The summed E-state index contributed by atoms with van der Waals surface area (Å²) in [7, 11) is 0. The van der Waals surface area contributed by atoms with E-state index in [-0.39, 0.29) is 5.92 Å². The Morgan fingerprint density at radius 3 is 2.40 bits per heavy atom. The smallest absolute Gasteiger partial charge is 0.306 e. The van der Waals surface area contributed by atoms with Gasteiger partial charge in [0.1, 0.15) is 0 Å². The first-order valence-corrected chi connectivity index (χ1v) is 8.42. The first kappa shape index (κ1) is 17.5. The molecule has 0 saturated heterocycles. The Hall–Kier alpha value is -0.570. The molecule has 118 valence electrons. The van der Waals surface area contributed by atoms with Crippen LogP contribution in [-0.2, 0) is 9.53 Å². The van der Waals surface area contributed by atoms with Gasteiger partial charge in [0.15, 0.2) is 0 Å². The van der Waals surface area contributed by atoms with Gasteiger partial charge in [0.2, 0.25) is 0 Å². The molecule has 3 nitrogen and oxygen atoms in total. The molecule has 1 N–H and O–H groups in total. The zero-order valence-electron chi connectivity index (χ0n) is 13.4. The molecular weight excluding hydrogens is 252 g/mol. The number of ether oxygens (including phenoxy) is 1. The van der Waals surface area contributed by atoms with Gasteiger partial charge in [0, 0.05) is 0 Å². The highest BCUT2D eigenvalue weighted by Gasteiger charge is 2.27. The van der Waals surface area contributed by atoms with Crippen LogP contribution < -0.4 is 0 Å². The van der Waals surface area contributed by atoms with Crippen LogP contribution in [0.15, 0.2) is 0 Å². The Balaban J connectivity index is 2.31. The van der Waals surface area contributed by atoms with Gasteiger partial charge in [-0.2, -0.15) is 0 Å². The molecule has 0 aromatic carbocycles. The average Bonchev–Trinajstić information content (AvgIpc) is 2.47. The standard InChI is InChI=1S/C17H32O3/c1-4-6-7-15(13(3)5-2)12-20-16-10-8-14(9-11-16)17(18)19/h13-16H,4-12H2,1-3H3,(H,18,19)/t13?,14?,15-,16?/m0/s1. The van der Waals surface area contributed by atoms with Crippen molar-refractivity contribution in [2.75, 3.05) is 6.61 Å². The Bertz CT molecular complexity index is 269. The zero-order chi connectivity index (χ0) is 15.0. The van der Waals surface area contributed by atoms with Gasteiger partial charge in [-0.15, -0.1) is 0 Å². The van der Waals surface area contributed by atoms with E-state index in [0.29, 0.717) is 12.0 Å². The van der Waals surface area contributed by atoms with Crippen molar-refractivity contribution in [3.05, 3.63) is 0 Å². The fourth-order valence-electron chi connectivity index (χ4n) is 3.07. The lowest BCUT2D eigenvalue weighted by Gasteiger charge is -2.29. The molecule has 0 bridgehead atoms. The molecule has 1 aliphatic rings. The summed E-state index contributed by atoms with van der Waals surface area (Å²) in [6.45, 7) is 7.67. The quantitative estimate of drug-likeness (QED) is 0.678. The number of hydrogen-bond donors (Lipinski definition) is 1. The van der Waals surface area contributed by atoms with E-state index in [0.717, 1.165) is 38.2 Å². The Morgan fingerprint density at radius 2 is 1.90 bits per heavy atom. The molecule has 0 amide bonds. The highest BCUT2D eigenvalue weighted by molar-refractivity contribution is 5.70. The van der Waals surface area contributed by atoms with E-state index < -0.39 is 5.97 Å². The van der Waals surface area contributed by atoms with E-state index in [1.807, 2.05) is 0 Å². The second-order valence-corrected chi connectivity index (χ2v) is 6.43. The van der Waals surface area contributed by atoms with Gasteiger partial charge >= 0.3 is 5.97 Å². The highest BCUT2D eigenvalue weighted by Crippen LogP contribution is 2.28. The number of rotatable bonds is 9. The van der Waals surface area contributed by atoms with Crippen molar-refractivity contribution < 1.29 is 14.6 Å². The van der Waals surface area contributed by atoms with Gasteiger partial charge in [-0.05, 0) is 43.9 Å². The second-order valence-electron chi connectivity index (χ2n) is 6.43.